The summed E-state index contributed by atoms with van der Waals surface area (Å²) < 4.78 is 17.9. The normalized spacial score (nSPS) is 11.8. The number of nitrogens with one attached hydrogen (secondary N) is 3. The van der Waals surface area contributed by atoms with Gasteiger partial charge in [-0.25, -0.2) is 9.02 Å². The lowest BCUT2D eigenvalue weighted by Crippen LogP contribution is -2.38. The molecule has 2 rings (SSSR count). The first-order valence-corrected chi connectivity index (χ1v) is 7.78. The summed E-state index contributed by atoms with van der Waals surface area (Å²) in [7, 11) is 0. The number of aromatic nitrogens is 2. The minimum Gasteiger partial charge on any atom is -0.409 e. The van der Waals surface area contributed by atoms with Crippen LogP contribution in [0.1, 0.15) is 11.4 Å². The fourth-order valence-corrected chi connectivity index (χ4v) is 2.06. The second kappa shape index (κ2) is 9.90. The highest BCUT2D eigenvalue weighted by molar-refractivity contribution is 6.31. The fourth-order valence-electron chi connectivity index (χ4n) is 1.88. The Bertz CT molecular complexity index is 879. The predicted octanol–water partition coefficient (Wildman–Crippen LogP) is 0.619. The van der Waals surface area contributed by atoms with Crippen molar-refractivity contribution in [3.63, 3.8) is 0 Å². The number of aliphatic hydroxyl groups is 1. The lowest BCUT2D eigenvalue weighted by atomic mass is 10.2. The number of nitriles is 1. The van der Waals surface area contributed by atoms with Gasteiger partial charge in [0.15, 0.2) is 5.69 Å². The fraction of sp³-hybridized carbons (Fsp3) is 0.214. The average Bonchev–Trinajstić information content (AvgIpc) is 3.13. The van der Waals surface area contributed by atoms with Crippen LogP contribution in [0.5, 0.6) is 0 Å². The highest BCUT2D eigenvalue weighted by Gasteiger charge is 2.18. The third-order valence-electron chi connectivity index (χ3n) is 3.05. The molecule has 11 nitrogen and oxygen atoms in total. The van der Waals surface area contributed by atoms with E-state index < -0.39 is 5.82 Å². The molecule has 27 heavy (non-hydrogen) atoms. The zero-order valence-corrected chi connectivity index (χ0v) is 14.4. The summed E-state index contributed by atoms with van der Waals surface area (Å²) in [5.74, 6) is -0.628. The Labute approximate surface area is 157 Å². The van der Waals surface area contributed by atoms with Crippen LogP contribution >= 0.6 is 11.6 Å². The summed E-state index contributed by atoms with van der Waals surface area (Å²) in [6.45, 7) is 0.0185. The van der Waals surface area contributed by atoms with Crippen molar-refractivity contribution < 1.29 is 19.3 Å². The minimum absolute atomic E-state index is 0.00263. The lowest BCUT2D eigenvalue weighted by Gasteiger charge is -2.10. The molecule has 1 heterocycles. The summed E-state index contributed by atoms with van der Waals surface area (Å²) in [5.41, 5.74) is 0.622. The first-order chi connectivity index (χ1) is 13.1. The Kier molecular flexibility index (Phi) is 7.29. The van der Waals surface area contributed by atoms with E-state index >= 15 is 0 Å². The number of hydrogen-bond acceptors (Lipinski definition) is 8. The van der Waals surface area contributed by atoms with Crippen molar-refractivity contribution in [2.24, 2.45) is 10.1 Å². The number of oxime groups is 1. The molecule has 142 valence electrons. The molecule has 0 amide bonds. The quantitative estimate of drug-likeness (QED) is 0.155. The number of guanidine groups is 1. The van der Waals surface area contributed by atoms with Crippen LogP contribution < -0.4 is 16.0 Å². The van der Waals surface area contributed by atoms with Crippen LogP contribution in [0.4, 0.5) is 10.1 Å². The number of amidine groups is 1. The van der Waals surface area contributed by atoms with E-state index in [0.717, 1.165) is 6.07 Å². The maximum Gasteiger partial charge on any atom is 0.209 e. The molecule has 1 aromatic carbocycles. The van der Waals surface area contributed by atoms with Gasteiger partial charge in [-0.15, -0.1) is 4.99 Å². The van der Waals surface area contributed by atoms with E-state index in [2.05, 4.69) is 41.0 Å². The van der Waals surface area contributed by atoms with E-state index in [0.29, 0.717) is 5.69 Å². The lowest BCUT2D eigenvalue weighted by molar-refractivity contribution is 0.299. The summed E-state index contributed by atoms with van der Waals surface area (Å²) in [4.78, 5) is 3.51. The third-order valence-corrected chi connectivity index (χ3v) is 3.34. The first-order valence-electron chi connectivity index (χ1n) is 7.40. The second-order valence-electron chi connectivity index (χ2n) is 4.83. The molecule has 13 heteroatoms. The first kappa shape index (κ1) is 19.9. The predicted molar refractivity (Wildman–Crippen MR) is 92.6 cm³/mol. The van der Waals surface area contributed by atoms with E-state index in [1.807, 2.05) is 0 Å². The topological polar surface area (TPSA) is 164 Å². The molecule has 0 aliphatic carbocycles. The van der Waals surface area contributed by atoms with Crippen LogP contribution in [-0.4, -0.2) is 45.6 Å². The standard InChI is InChI=1S/C14H14ClFN8O3/c15-9-5-8(1-2-10(9)16)21-13(22-26)12-11(23-27-24-12)6-19-14(20-7-17)18-3-4-25/h1-2,5,25-26H,3-4,6H2,(H,21,22)(H2,18,19,20). The van der Waals surface area contributed by atoms with E-state index in [1.165, 1.54) is 12.1 Å². The van der Waals surface area contributed by atoms with Gasteiger partial charge in [0.25, 0.3) is 0 Å². The van der Waals surface area contributed by atoms with Gasteiger partial charge in [-0.3, -0.25) is 0 Å². The van der Waals surface area contributed by atoms with Gasteiger partial charge in [0, 0.05) is 12.2 Å². The number of nitrogens with zero attached hydrogens (tertiary/aromatic N) is 5. The highest BCUT2D eigenvalue weighted by atomic mass is 35.5. The van der Waals surface area contributed by atoms with E-state index in [4.69, 9.17) is 22.0 Å². The zero-order valence-electron chi connectivity index (χ0n) is 13.6. The number of rotatable bonds is 6. The molecule has 0 aliphatic heterocycles. The van der Waals surface area contributed by atoms with Crippen molar-refractivity contribution in [2.75, 3.05) is 18.5 Å². The zero-order chi connectivity index (χ0) is 19.6. The molecule has 0 unspecified atom stereocenters. The Hall–Kier alpha value is -3.43. The van der Waals surface area contributed by atoms with E-state index in [-0.39, 0.29) is 47.9 Å². The van der Waals surface area contributed by atoms with Crippen LogP contribution in [0.3, 0.4) is 0 Å². The monoisotopic (exact) mass is 396 g/mol. The number of anilines is 1. The molecule has 0 spiro atoms. The van der Waals surface area contributed by atoms with Crippen LogP contribution in [0.2, 0.25) is 5.02 Å². The summed E-state index contributed by atoms with van der Waals surface area (Å²) >= 11 is 5.71. The van der Waals surface area contributed by atoms with Crippen LogP contribution in [0, 0.1) is 17.3 Å². The molecule has 5 N–H and O–H groups in total. The van der Waals surface area contributed by atoms with Gasteiger partial charge >= 0.3 is 0 Å². The number of aliphatic imine (C=N–C) groups is 1. The molecule has 0 atom stereocenters. The molecular formula is C14H14ClFN8O3. The van der Waals surface area contributed by atoms with Gasteiger partial charge in [0.1, 0.15) is 11.5 Å². The Morgan fingerprint density at radius 3 is 2.85 bits per heavy atom. The molecule has 0 saturated heterocycles. The van der Waals surface area contributed by atoms with Gasteiger partial charge in [-0.1, -0.05) is 21.9 Å². The average molecular weight is 397 g/mol. The van der Waals surface area contributed by atoms with Gasteiger partial charge < -0.3 is 26.3 Å². The molecule has 0 aliphatic rings. The summed E-state index contributed by atoms with van der Waals surface area (Å²) in [6.07, 6.45) is 1.60. The van der Waals surface area contributed by atoms with Crippen molar-refractivity contribution >= 4 is 29.1 Å². The Balaban J connectivity index is 2.12. The number of hydrogen-bond donors (Lipinski definition) is 5. The molecule has 2 aromatic rings. The minimum atomic E-state index is -0.600. The maximum atomic E-state index is 13.2. The second-order valence-corrected chi connectivity index (χ2v) is 5.23. The smallest absolute Gasteiger partial charge is 0.209 e. The summed E-state index contributed by atoms with van der Waals surface area (Å²) in [6, 6.07) is 3.82. The molecule has 0 bridgehead atoms. The number of halogens is 2. The largest absolute Gasteiger partial charge is 0.409 e. The highest BCUT2D eigenvalue weighted by Crippen LogP contribution is 2.20. The van der Waals surface area contributed by atoms with Crippen LogP contribution in [0.25, 0.3) is 0 Å². The number of benzene rings is 1. The molecular weight excluding hydrogens is 383 g/mol. The van der Waals surface area contributed by atoms with Crippen LogP contribution in [0.15, 0.2) is 33.0 Å². The molecule has 1 aromatic heterocycles. The van der Waals surface area contributed by atoms with Crippen molar-refractivity contribution in [2.45, 2.75) is 6.54 Å². The van der Waals surface area contributed by atoms with Crippen LogP contribution in [-0.2, 0) is 6.54 Å². The SMILES string of the molecule is N#CN=C(NCCO)NCc1nonc1C(=NO)Nc1ccc(F)c(Cl)c1. The Morgan fingerprint density at radius 2 is 2.19 bits per heavy atom. The molecule has 0 fully saturated rings. The third kappa shape index (κ3) is 5.53. The van der Waals surface area contributed by atoms with Gasteiger partial charge in [-0.05, 0) is 23.4 Å². The van der Waals surface area contributed by atoms with Crippen molar-refractivity contribution in [1.82, 2.24) is 20.9 Å². The van der Waals surface area contributed by atoms with Gasteiger partial charge in [0.05, 0.1) is 18.2 Å². The molecule has 0 saturated carbocycles. The van der Waals surface area contributed by atoms with Gasteiger partial charge in [0.2, 0.25) is 18.0 Å². The van der Waals surface area contributed by atoms with E-state index in [9.17, 15) is 9.60 Å². The van der Waals surface area contributed by atoms with Crippen molar-refractivity contribution in [3.05, 3.63) is 40.4 Å². The van der Waals surface area contributed by atoms with Crippen molar-refractivity contribution in [3.8, 4) is 6.19 Å². The van der Waals surface area contributed by atoms with Crippen molar-refractivity contribution in [1.29, 1.82) is 5.26 Å². The number of aliphatic hydroxyl groups excluding tert-OH is 1. The van der Waals surface area contributed by atoms with E-state index in [1.54, 1.807) is 6.19 Å². The molecule has 0 radical (unpaired) electrons. The Morgan fingerprint density at radius 1 is 1.37 bits per heavy atom. The maximum absolute atomic E-state index is 13.2. The summed E-state index contributed by atoms with van der Waals surface area (Å²) in [5, 5.41) is 45.2. The van der Waals surface area contributed by atoms with Gasteiger partial charge in [-0.2, -0.15) is 5.26 Å².